The predicted molar refractivity (Wildman–Crippen MR) is 140 cm³/mol. The van der Waals surface area contributed by atoms with Gasteiger partial charge in [0.2, 0.25) is 0 Å². The van der Waals surface area contributed by atoms with Gasteiger partial charge in [0.15, 0.2) is 0 Å². The van der Waals surface area contributed by atoms with Gasteiger partial charge in [-0.2, -0.15) is 10.4 Å². The van der Waals surface area contributed by atoms with Crippen molar-refractivity contribution in [1.29, 1.82) is 5.26 Å². The van der Waals surface area contributed by atoms with Gasteiger partial charge in [-0.05, 0) is 42.5 Å². The normalized spacial score (nSPS) is 11.4. The molecule has 0 N–H and O–H groups in total. The lowest BCUT2D eigenvalue weighted by atomic mass is 10.1. The molecule has 0 atom stereocenters. The van der Waals surface area contributed by atoms with Crippen LogP contribution in [0.1, 0.15) is 10.6 Å². The quantitative estimate of drug-likeness (QED) is 0.230. The van der Waals surface area contributed by atoms with E-state index in [9.17, 15) is 5.26 Å². The first-order chi connectivity index (χ1) is 16.6. The summed E-state index contributed by atoms with van der Waals surface area (Å²) in [6, 6.07) is 27.1. The molecule has 3 aromatic carbocycles. The molecular weight excluding hydrogens is 483 g/mol. The number of hydrogen-bond donors (Lipinski definition) is 0. The van der Waals surface area contributed by atoms with Crippen molar-refractivity contribution in [3.05, 3.63) is 111 Å². The van der Waals surface area contributed by atoms with E-state index in [2.05, 4.69) is 6.07 Å². The van der Waals surface area contributed by atoms with Crippen LogP contribution in [0.15, 0.2) is 90.4 Å². The summed E-state index contributed by atoms with van der Waals surface area (Å²) in [5, 5.41) is 18.7. The highest BCUT2D eigenvalue weighted by atomic mass is 35.5. The first-order valence-electron chi connectivity index (χ1n) is 10.4. The smallest absolute Gasteiger partial charge is 0.134 e. The highest BCUT2D eigenvalue weighted by Crippen LogP contribution is 2.31. The van der Waals surface area contributed by atoms with Crippen LogP contribution in [0, 0.1) is 11.3 Å². The molecule has 0 bridgehead atoms. The molecule has 5 aromatic rings. The largest absolute Gasteiger partial charge is 0.240 e. The summed E-state index contributed by atoms with van der Waals surface area (Å²) in [6.07, 6.45) is 3.76. The Morgan fingerprint density at radius 2 is 1.53 bits per heavy atom. The summed E-state index contributed by atoms with van der Waals surface area (Å²) in [5.41, 5.74) is 5.61. The topological polar surface area (TPSA) is 54.5 Å². The van der Waals surface area contributed by atoms with Crippen LogP contribution >= 0.6 is 34.5 Å². The number of allylic oxidation sites excluding steroid dienone is 1. The number of nitriles is 1. The minimum Gasteiger partial charge on any atom is -0.240 e. The molecule has 0 aliphatic heterocycles. The van der Waals surface area contributed by atoms with Gasteiger partial charge in [0.25, 0.3) is 0 Å². The first-order valence-corrected chi connectivity index (χ1v) is 12.0. The van der Waals surface area contributed by atoms with Gasteiger partial charge in [0.1, 0.15) is 11.1 Å². The number of halogens is 2. The number of rotatable bonds is 5. The van der Waals surface area contributed by atoms with Crippen molar-refractivity contribution in [2.45, 2.75) is 0 Å². The number of thiazole rings is 1. The van der Waals surface area contributed by atoms with Crippen molar-refractivity contribution in [2.24, 2.45) is 0 Å². The van der Waals surface area contributed by atoms with E-state index < -0.39 is 0 Å². The maximum atomic E-state index is 9.96. The van der Waals surface area contributed by atoms with E-state index in [1.807, 2.05) is 101 Å². The molecule has 0 amide bonds. The minimum atomic E-state index is 0.466. The Hall–Kier alpha value is -3.69. The Morgan fingerprint density at radius 1 is 0.882 bits per heavy atom. The molecule has 0 aliphatic rings. The Balaban J connectivity index is 1.58. The summed E-state index contributed by atoms with van der Waals surface area (Å²) in [4.78, 5) is 4.70. The van der Waals surface area contributed by atoms with Crippen molar-refractivity contribution in [3.63, 3.8) is 0 Å². The van der Waals surface area contributed by atoms with Crippen LogP contribution in [0.25, 0.3) is 39.9 Å². The van der Waals surface area contributed by atoms with Crippen LogP contribution in [0.4, 0.5) is 0 Å². The average Bonchev–Trinajstić information content (AvgIpc) is 3.52. The van der Waals surface area contributed by atoms with Gasteiger partial charge < -0.3 is 0 Å². The summed E-state index contributed by atoms with van der Waals surface area (Å²) >= 11 is 13.5. The first kappa shape index (κ1) is 22.1. The second-order valence-electron chi connectivity index (χ2n) is 7.43. The SMILES string of the molecule is N#C/C(=C\c1cn(-c2ccccc2)nc1-c1ccc(Cl)cc1)c1nc(-c2ccc(Cl)cc2)cs1. The number of para-hydroxylation sites is 1. The maximum absolute atomic E-state index is 9.96. The van der Waals surface area contributed by atoms with Gasteiger partial charge in [-0.15, -0.1) is 11.3 Å². The minimum absolute atomic E-state index is 0.466. The second kappa shape index (κ2) is 9.66. The lowest BCUT2D eigenvalue weighted by molar-refractivity contribution is 0.884. The molecule has 0 saturated heterocycles. The van der Waals surface area contributed by atoms with Crippen LogP contribution < -0.4 is 0 Å². The third kappa shape index (κ3) is 4.66. The van der Waals surface area contributed by atoms with Gasteiger partial charge >= 0.3 is 0 Å². The Labute approximate surface area is 211 Å². The molecule has 2 heterocycles. The molecule has 0 spiro atoms. The highest BCUT2D eigenvalue weighted by molar-refractivity contribution is 7.11. The molecule has 0 saturated carbocycles. The molecular formula is C27H16Cl2N4S. The van der Waals surface area contributed by atoms with Crippen molar-refractivity contribution in [1.82, 2.24) is 14.8 Å². The maximum Gasteiger partial charge on any atom is 0.134 e. The fourth-order valence-corrected chi connectivity index (χ4v) is 4.53. The van der Waals surface area contributed by atoms with Gasteiger partial charge in [-0.1, -0.05) is 65.7 Å². The van der Waals surface area contributed by atoms with E-state index in [4.69, 9.17) is 33.3 Å². The van der Waals surface area contributed by atoms with E-state index in [0.29, 0.717) is 20.6 Å². The zero-order valence-electron chi connectivity index (χ0n) is 17.7. The Morgan fingerprint density at radius 3 is 2.18 bits per heavy atom. The summed E-state index contributed by atoms with van der Waals surface area (Å²) < 4.78 is 1.81. The zero-order chi connectivity index (χ0) is 23.5. The van der Waals surface area contributed by atoms with Gasteiger partial charge in [0.05, 0.1) is 22.6 Å². The third-order valence-electron chi connectivity index (χ3n) is 5.18. The molecule has 164 valence electrons. The Kier molecular flexibility index (Phi) is 6.29. The predicted octanol–water partition coefficient (Wildman–Crippen LogP) is 8.03. The lowest BCUT2D eigenvalue weighted by Crippen LogP contribution is -1.93. The van der Waals surface area contributed by atoms with Crippen LogP contribution in [0.3, 0.4) is 0 Å². The summed E-state index contributed by atoms with van der Waals surface area (Å²) in [6.45, 7) is 0. The van der Waals surface area contributed by atoms with Crippen LogP contribution in [-0.4, -0.2) is 14.8 Å². The zero-order valence-corrected chi connectivity index (χ0v) is 20.0. The van der Waals surface area contributed by atoms with Crippen molar-refractivity contribution in [3.8, 4) is 34.3 Å². The Bertz CT molecular complexity index is 1510. The van der Waals surface area contributed by atoms with Crippen molar-refractivity contribution < 1.29 is 0 Å². The fraction of sp³-hybridized carbons (Fsp3) is 0. The van der Waals surface area contributed by atoms with E-state index in [-0.39, 0.29) is 0 Å². The molecule has 7 heteroatoms. The fourth-order valence-electron chi connectivity index (χ4n) is 3.49. The molecule has 0 aliphatic carbocycles. The van der Waals surface area contributed by atoms with Crippen LogP contribution in [0.5, 0.6) is 0 Å². The van der Waals surface area contributed by atoms with E-state index in [1.54, 1.807) is 0 Å². The summed E-state index contributed by atoms with van der Waals surface area (Å²) in [5.74, 6) is 0. The molecule has 0 unspecified atom stereocenters. The number of aromatic nitrogens is 3. The van der Waals surface area contributed by atoms with E-state index in [1.165, 1.54) is 11.3 Å². The summed E-state index contributed by atoms with van der Waals surface area (Å²) in [7, 11) is 0. The standard InChI is InChI=1S/C27H16Cl2N4S/c28-22-10-6-18(7-11-22)25-17-34-27(31-25)20(15-30)14-21-16-33(24-4-2-1-3-5-24)32-26(21)19-8-12-23(29)13-9-19/h1-14,16-17H/b20-14+. The number of benzene rings is 3. The number of hydrogen-bond acceptors (Lipinski definition) is 4. The number of nitrogens with zero attached hydrogens (tertiary/aromatic N) is 4. The van der Waals surface area contributed by atoms with Gasteiger partial charge in [0, 0.05) is 38.3 Å². The van der Waals surface area contributed by atoms with Crippen molar-refractivity contribution >= 4 is 46.2 Å². The molecule has 34 heavy (non-hydrogen) atoms. The lowest BCUT2D eigenvalue weighted by Gasteiger charge is -2.01. The average molecular weight is 499 g/mol. The van der Waals surface area contributed by atoms with Crippen LogP contribution in [-0.2, 0) is 0 Å². The van der Waals surface area contributed by atoms with Crippen LogP contribution in [0.2, 0.25) is 10.0 Å². The molecule has 0 fully saturated rings. The molecule has 2 aromatic heterocycles. The molecule has 0 radical (unpaired) electrons. The monoisotopic (exact) mass is 498 g/mol. The van der Waals surface area contributed by atoms with E-state index >= 15 is 0 Å². The third-order valence-corrected chi connectivity index (χ3v) is 6.56. The van der Waals surface area contributed by atoms with E-state index in [0.717, 1.165) is 33.8 Å². The van der Waals surface area contributed by atoms with Crippen molar-refractivity contribution in [2.75, 3.05) is 0 Å². The van der Waals surface area contributed by atoms with Gasteiger partial charge in [-0.25, -0.2) is 9.67 Å². The second-order valence-corrected chi connectivity index (χ2v) is 9.17. The molecule has 4 nitrogen and oxygen atoms in total. The highest BCUT2D eigenvalue weighted by Gasteiger charge is 2.15. The molecule has 5 rings (SSSR count). The van der Waals surface area contributed by atoms with Gasteiger partial charge in [-0.3, -0.25) is 0 Å².